The average molecular weight is 443 g/mol. The van der Waals surface area contributed by atoms with E-state index >= 15 is 0 Å². The number of nitrogens with zero attached hydrogens (tertiary/aromatic N) is 1. The van der Waals surface area contributed by atoms with Gasteiger partial charge in [0.1, 0.15) is 17.1 Å². The molecule has 2 aromatic rings. The molecule has 162 valence electrons. The molecule has 1 atom stereocenters. The van der Waals surface area contributed by atoms with Gasteiger partial charge in [-0.3, -0.25) is 4.79 Å². The van der Waals surface area contributed by atoms with Gasteiger partial charge in [-0.15, -0.1) is 0 Å². The van der Waals surface area contributed by atoms with E-state index in [0.717, 1.165) is 5.41 Å². The van der Waals surface area contributed by atoms with E-state index in [1.54, 1.807) is 30.3 Å². The van der Waals surface area contributed by atoms with Gasteiger partial charge in [-0.25, -0.2) is 12.8 Å². The van der Waals surface area contributed by atoms with Crippen LogP contribution in [0, 0.1) is 11.7 Å². The normalized spacial score (nSPS) is 20.0. The van der Waals surface area contributed by atoms with Crippen LogP contribution < -0.4 is 5.32 Å². The maximum atomic E-state index is 13.4. The molecule has 1 unspecified atom stereocenters. The minimum absolute atomic E-state index is 0.0501. The van der Waals surface area contributed by atoms with Crippen LogP contribution in [-0.4, -0.2) is 30.4 Å². The topological polar surface area (TPSA) is 86.7 Å². The summed E-state index contributed by atoms with van der Waals surface area (Å²) in [7, 11) is -3.78. The second-order valence-corrected chi connectivity index (χ2v) is 9.93. The van der Waals surface area contributed by atoms with Crippen molar-refractivity contribution in [3.63, 3.8) is 0 Å². The smallest absolute Gasteiger partial charge is 0.260 e. The highest BCUT2D eigenvalue weighted by Crippen LogP contribution is 2.38. The zero-order valence-corrected chi connectivity index (χ0v) is 18.0. The van der Waals surface area contributed by atoms with Crippen molar-refractivity contribution in [1.82, 2.24) is 4.90 Å². The number of aliphatic hydroxyl groups is 1. The number of anilines is 1. The van der Waals surface area contributed by atoms with Crippen LogP contribution >= 0.6 is 0 Å². The maximum Gasteiger partial charge on any atom is 0.260 e. The first-order valence-corrected chi connectivity index (χ1v) is 11.5. The highest BCUT2D eigenvalue weighted by Gasteiger charge is 2.42. The second-order valence-electron chi connectivity index (χ2n) is 8.16. The number of carbonyl (C=O) groups is 1. The number of rotatable bonds is 5. The molecule has 0 saturated heterocycles. The molecule has 0 fully saturated rings. The quantitative estimate of drug-likeness (QED) is 0.727. The molecule has 0 spiro atoms. The molecule has 2 N–H and O–H groups in total. The Morgan fingerprint density at radius 1 is 1.13 bits per heavy atom. The summed E-state index contributed by atoms with van der Waals surface area (Å²) in [5.74, 6) is -0.833. The Morgan fingerprint density at radius 3 is 2.48 bits per heavy atom. The van der Waals surface area contributed by atoms with E-state index in [-0.39, 0.29) is 40.2 Å². The minimum atomic E-state index is -3.78. The number of halogens is 1. The number of benzene rings is 2. The van der Waals surface area contributed by atoms with E-state index in [2.05, 4.69) is 5.32 Å². The van der Waals surface area contributed by atoms with E-state index in [4.69, 9.17) is 0 Å². The van der Waals surface area contributed by atoms with E-state index in [9.17, 15) is 22.7 Å². The van der Waals surface area contributed by atoms with Crippen molar-refractivity contribution in [3.05, 3.63) is 82.3 Å². The van der Waals surface area contributed by atoms with Crippen LogP contribution in [0.5, 0.6) is 0 Å². The predicted molar refractivity (Wildman–Crippen MR) is 115 cm³/mol. The summed E-state index contributed by atoms with van der Waals surface area (Å²) >= 11 is 0. The third kappa shape index (κ3) is 3.95. The minimum Gasteiger partial charge on any atom is -0.509 e. The predicted octanol–water partition coefficient (Wildman–Crippen LogP) is 4.14. The maximum absolute atomic E-state index is 13.4. The molecule has 2 aliphatic heterocycles. The van der Waals surface area contributed by atoms with E-state index in [1.165, 1.54) is 23.1 Å². The van der Waals surface area contributed by atoms with Gasteiger partial charge in [0.2, 0.25) is 9.84 Å². The van der Waals surface area contributed by atoms with Crippen LogP contribution in [0.25, 0.3) is 0 Å². The number of aliphatic hydroxyl groups excluding tert-OH is 1. The first kappa shape index (κ1) is 21.1. The Hall–Kier alpha value is -3.13. The number of para-hydroxylation sites is 1. The summed E-state index contributed by atoms with van der Waals surface area (Å²) in [6.07, 6.45) is 0.499. The highest BCUT2D eigenvalue weighted by atomic mass is 32.2. The van der Waals surface area contributed by atoms with Crippen molar-refractivity contribution >= 4 is 21.4 Å². The molecule has 6 nitrogen and oxygen atoms in total. The Labute approximate surface area is 180 Å². The molecule has 2 aromatic carbocycles. The van der Waals surface area contributed by atoms with Crippen LogP contribution in [0.2, 0.25) is 0 Å². The number of carbonyl (C=O) groups excluding carboxylic acids is 1. The van der Waals surface area contributed by atoms with Crippen molar-refractivity contribution in [2.45, 2.75) is 37.8 Å². The third-order valence-corrected chi connectivity index (χ3v) is 6.90. The standard InChI is InChI=1S/C23H23FN2O4S/c1-14(2)11-19-22(27)21(23(28)26(19)12-15-7-9-16(24)10-8-15)18-13-31(29,30)20-6-4-3-5-17(20)25-18/h3-10,13-14,19,25,27H,11-12H2,1-2H3. The van der Waals surface area contributed by atoms with Crippen LogP contribution in [0.1, 0.15) is 25.8 Å². The van der Waals surface area contributed by atoms with Crippen LogP contribution in [0.4, 0.5) is 10.1 Å². The molecule has 0 aliphatic carbocycles. The molecule has 0 radical (unpaired) electrons. The summed E-state index contributed by atoms with van der Waals surface area (Å²) in [6, 6.07) is 11.6. The van der Waals surface area contributed by atoms with Gasteiger partial charge in [0.05, 0.1) is 27.7 Å². The summed E-state index contributed by atoms with van der Waals surface area (Å²) < 4.78 is 38.8. The molecular weight excluding hydrogens is 419 g/mol. The monoisotopic (exact) mass is 442 g/mol. The Morgan fingerprint density at radius 2 is 1.81 bits per heavy atom. The van der Waals surface area contributed by atoms with Crippen LogP contribution in [-0.2, 0) is 21.2 Å². The molecular formula is C23H23FN2O4S. The molecule has 0 aromatic heterocycles. The van der Waals surface area contributed by atoms with Gasteiger partial charge in [0.25, 0.3) is 5.91 Å². The second kappa shape index (κ2) is 7.85. The summed E-state index contributed by atoms with van der Waals surface area (Å²) in [5.41, 5.74) is 1.06. The fourth-order valence-electron chi connectivity index (χ4n) is 3.95. The Bertz CT molecular complexity index is 1200. The lowest BCUT2D eigenvalue weighted by molar-refractivity contribution is -0.127. The van der Waals surface area contributed by atoms with Crippen LogP contribution in [0.15, 0.2) is 75.9 Å². The molecule has 1 amide bonds. The number of hydrogen-bond acceptors (Lipinski definition) is 5. The molecule has 2 aliphatic rings. The van der Waals surface area contributed by atoms with E-state index in [1.807, 2.05) is 13.8 Å². The van der Waals surface area contributed by atoms with E-state index in [0.29, 0.717) is 17.7 Å². The van der Waals surface area contributed by atoms with Gasteiger partial charge in [-0.2, -0.15) is 0 Å². The molecule has 2 heterocycles. The zero-order chi connectivity index (χ0) is 22.3. The third-order valence-electron chi connectivity index (χ3n) is 5.39. The van der Waals surface area contributed by atoms with Crippen molar-refractivity contribution in [2.75, 3.05) is 5.32 Å². The Balaban J connectivity index is 1.73. The lowest BCUT2D eigenvalue weighted by atomic mass is 10.0. The molecule has 8 heteroatoms. The average Bonchev–Trinajstić information content (AvgIpc) is 2.92. The highest BCUT2D eigenvalue weighted by molar-refractivity contribution is 7.94. The van der Waals surface area contributed by atoms with Gasteiger partial charge in [-0.05, 0) is 42.2 Å². The zero-order valence-electron chi connectivity index (χ0n) is 17.2. The SMILES string of the molecule is CC(C)CC1C(O)=C(C2=CS(=O)(=O)c3ccccc3N2)C(=O)N1Cc1ccc(F)cc1. The fourth-order valence-corrected chi connectivity index (χ4v) is 5.26. The first-order valence-electron chi connectivity index (χ1n) is 9.99. The van der Waals surface area contributed by atoms with Gasteiger partial charge in [0, 0.05) is 6.54 Å². The lowest BCUT2D eigenvalue weighted by Gasteiger charge is -2.27. The van der Waals surface area contributed by atoms with E-state index < -0.39 is 21.8 Å². The molecule has 4 rings (SSSR count). The Kier molecular flexibility index (Phi) is 5.35. The summed E-state index contributed by atoms with van der Waals surface area (Å²) in [6.45, 7) is 4.12. The number of nitrogens with one attached hydrogen (secondary N) is 1. The number of fused-ring (bicyclic) bond motifs is 1. The van der Waals surface area contributed by atoms with Crippen molar-refractivity contribution < 1.29 is 22.7 Å². The lowest BCUT2D eigenvalue weighted by Crippen LogP contribution is -2.36. The van der Waals surface area contributed by atoms with Crippen molar-refractivity contribution in [2.24, 2.45) is 5.92 Å². The van der Waals surface area contributed by atoms with Crippen LogP contribution in [0.3, 0.4) is 0 Å². The van der Waals surface area contributed by atoms with Crippen molar-refractivity contribution in [3.8, 4) is 0 Å². The van der Waals surface area contributed by atoms with Crippen molar-refractivity contribution in [1.29, 1.82) is 0 Å². The van der Waals surface area contributed by atoms with Gasteiger partial charge >= 0.3 is 0 Å². The number of sulfone groups is 1. The number of hydrogen-bond donors (Lipinski definition) is 2. The summed E-state index contributed by atoms with van der Waals surface area (Å²) in [5, 5.41) is 15.0. The molecule has 0 saturated carbocycles. The van der Waals surface area contributed by atoms with Gasteiger partial charge in [0.15, 0.2) is 0 Å². The molecule has 31 heavy (non-hydrogen) atoms. The fraction of sp³-hybridized carbons (Fsp3) is 0.261. The van der Waals surface area contributed by atoms with Gasteiger partial charge in [-0.1, -0.05) is 38.1 Å². The molecule has 0 bridgehead atoms. The summed E-state index contributed by atoms with van der Waals surface area (Å²) in [4.78, 5) is 15.0. The van der Waals surface area contributed by atoms with Gasteiger partial charge < -0.3 is 15.3 Å². The first-order chi connectivity index (χ1) is 14.7. The number of amides is 1. The largest absolute Gasteiger partial charge is 0.509 e.